The number of rotatable bonds is 2. The van der Waals surface area contributed by atoms with Gasteiger partial charge in [-0.3, -0.25) is 4.79 Å². The van der Waals surface area contributed by atoms with Crippen LogP contribution in [0, 0.1) is 23.4 Å². The summed E-state index contributed by atoms with van der Waals surface area (Å²) in [5.74, 6) is -4.58. The summed E-state index contributed by atoms with van der Waals surface area (Å²) in [5.41, 5.74) is -0.0664. The monoisotopic (exact) mass is 228 g/mol. The minimum Gasteiger partial charge on any atom is -0.294 e. The van der Waals surface area contributed by atoms with E-state index in [0.29, 0.717) is 0 Å². The SMILES string of the molecule is O=C(c1cc(F)c(F)c(F)c1)C1CCCC1. The molecule has 1 fully saturated rings. The fourth-order valence-corrected chi connectivity index (χ4v) is 2.12. The molecule has 0 unspecified atom stereocenters. The van der Waals surface area contributed by atoms with Crippen LogP contribution in [0.3, 0.4) is 0 Å². The van der Waals surface area contributed by atoms with E-state index in [2.05, 4.69) is 0 Å². The summed E-state index contributed by atoms with van der Waals surface area (Å²) >= 11 is 0. The lowest BCUT2D eigenvalue weighted by Crippen LogP contribution is -2.12. The molecule has 1 nitrogen and oxygen atoms in total. The topological polar surface area (TPSA) is 17.1 Å². The molecule has 0 N–H and O–H groups in total. The zero-order valence-corrected chi connectivity index (χ0v) is 8.60. The van der Waals surface area contributed by atoms with Crippen LogP contribution >= 0.6 is 0 Å². The van der Waals surface area contributed by atoms with Crippen molar-refractivity contribution in [1.82, 2.24) is 0 Å². The number of halogens is 3. The second kappa shape index (κ2) is 4.28. The number of carbonyl (C=O) groups is 1. The molecule has 0 heterocycles. The molecule has 0 aliphatic heterocycles. The van der Waals surface area contributed by atoms with Crippen molar-refractivity contribution in [2.75, 3.05) is 0 Å². The van der Waals surface area contributed by atoms with Gasteiger partial charge in [0.2, 0.25) is 0 Å². The second-order valence-corrected chi connectivity index (χ2v) is 4.10. The Labute approximate surface area is 91.3 Å². The van der Waals surface area contributed by atoms with Crippen molar-refractivity contribution in [1.29, 1.82) is 0 Å². The second-order valence-electron chi connectivity index (χ2n) is 4.10. The third-order valence-corrected chi connectivity index (χ3v) is 2.99. The predicted molar refractivity (Wildman–Crippen MR) is 52.6 cm³/mol. The number of ketones is 1. The molecule has 1 saturated carbocycles. The summed E-state index contributed by atoms with van der Waals surface area (Å²) in [6.07, 6.45) is 3.42. The maximum Gasteiger partial charge on any atom is 0.194 e. The van der Waals surface area contributed by atoms with Gasteiger partial charge in [0.15, 0.2) is 23.2 Å². The maximum absolute atomic E-state index is 12.9. The minimum atomic E-state index is -1.53. The first-order valence-corrected chi connectivity index (χ1v) is 5.28. The largest absolute Gasteiger partial charge is 0.294 e. The normalized spacial score (nSPS) is 16.7. The van der Waals surface area contributed by atoms with Gasteiger partial charge in [-0.2, -0.15) is 0 Å². The van der Waals surface area contributed by atoms with Gasteiger partial charge >= 0.3 is 0 Å². The quantitative estimate of drug-likeness (QED) is 0.559. The van der Waals surface area contributed by atoms with Gasteiger partial charge in [-0.25, -0.2) is 13.2 Å². The Bertz CT molecular complexity index is 399. The van der Waals surface area contributed by atoms with E-state index >= 15 is 0 Å². The molecule has 1 aliphatic carbocycles. The molecule has 0 amide bonds. The number of carbonyl (C=O) groups excluding carboxylic acids is 1. The maximum atomic E-state index is 12.9. The zero-order chi connectivity index (χ0) is 11.7. The fraction of sp³-hybridized carbons (Fsp3) is 0.417. The van der Waals surface area contributed by atoms with Crippen LogP contribution < -0.4 is 0 Å². The van der Waals surface area contributed by atoms with Crippen LogP contribution in [0.5, 0.6) is 0 Å². The Hall–Kier alpha value is -1.32. The van der Waals surface area contributed by atoms with E-state index in [1.807, 2.05) is 0 Å². The van der Waals surface area contributed by atoms with E-state index in [1.54, 1.807) is 0 Å². The lowest BCUT2D eigenvalue weighted by atomic mass is 9.96. The van der Waals surface area contributed by atoms with E-state index in [0.717, 1.165) is 37.8 Å². The molecule has 1 aromatic carbocycles. The van der Waals surface area contributed by atoms with Crippen molar-refractivity contribution >= 4 is 5.78 Å². The van der Waals surface area contributed by atoms with Crippen LogP contribution in [-0.4, -0.2) is 5.78 Å². The molecular formula is C12H11F3O. The zero-order valence-electron chi connectivity index (χ0n) is 8.60. The Morgan fingerprint density at radius 3 is 2.06 bits per heavy atom. The molecule has 0 aromatic heterocycles. The van der Waals surface area contributed by atoms with Crippen LogP contribution in [0.1, 0.15) is 36.0 Å². The van der Waals surface area contributed by atoms with Gasteiger partial charge in [-0.05, 0) is 25.0 Å². The highest BCUT2D eigenvalue weighted by atomic mass is 19.2. The van der Waals surface area contributed by atoms with Gasteiger partial charge in [0.25, 0.3) is 0 Å². The Kier molecular flexibility index (Phi) is 2.99. The smallest absolute Gasteiger partial charge is 0.194 e. The van der Waals surface area contributed by atoms with Crippen molar-refractivity contribution in [3.05, 3.63) is 35.1 Å². The van der Waals surface area contributed by atoms with Crippen LogP contribution in [0.4, 0.5) is 13.2 Å². The van der Waals surface area contributed by atoms with Crippen LogP contribution in [0.2, 0.25) is 0 Å². The third-order valence-electron chi connectivity index (χ3n) is 2.99. The molecular weight excluding hydrogens is 217 g/mol. The van der Waals surface area contributed by atoms with E-state index in [9.17, 15) is 18.0 Å². The molecule has 0 atom stereocenters. The number of hydrogen-bond acceptors (Lipinski definition) is 1. The van der Waals surface area contributed by atoms with E-state index in [-0.39, 0.29) is 17.3 Å². The average molecular weight is 228 g/mol. The first-order valence-electron chi connectivity index (χ1n) is 5.28. The van der Waals surface area contributed by atoms with E-state index < -0.39 is 17.5 Å². The first kappa shape index (κ1) is 11.2. The average Bonchev–Trinajstić information content (AvgIpc) is 2.77. The number of Topliss-reactive ketones (excluding diaryl/α,β-unsaturated/α-hetero) is 1. The van der Waals surface area contributed by atoms with Crippen LogP contribution in [0.25, 0.3) is 0 Å². The summed E-state index contributed by atoms with van der Waals surface area (Å²) in [4.78, 5) is 11.8. The Morgan fingerprint density at radius 2 is 1.56 bits per heavy atom. The Balaban J connectivity index is 2.29. The highest BCUT2D eigenvalue weighted by Crippen LogP contribution is 2.28. The molecule has 0 radical (unpaired) electrons. The summed E-state index contributed by atoms with van der Waals surface area (Å²) in [7, 11) is 0. The summed E-state index contributed by atoms with van der Waals surface area (Å²) in [6, 6.07) is 1.55. The first-order chi connectivity index (χ1) is 7.59. The van der Waals surface area contributed by atoms with Crippen molar-refractivity contribution in [2.24, 2.45) is 5.92 Å². The molecule has 1 aliphatic rings. The van der Waals surface area contributed by atoms with Gasteiger partial charge in [0.05, 0.1) is 0 Å². The number of benzene rings is 1. The van der Waals surface area contributed by atoms with Gasteiger partial charge in [0, 0.05) is 11.5 Å². The Morgan fingerprint density at radius 1 is 1.06 bits per heavy atom. The fourth-order valence-electron chi connectivity index (χ4n) is 2.12. The third kappa shape index (κ3) is 1.96. The van der Waals surface area contributed by atoms with Crippen LogP contribution in [0.15, 0.2) is 12.1 Å². The molecule has 4 heteroatoms. The van der Waals surface area contributed by atoms with Gasteiger partial charge < -0.3 is 0 Å². The summed E-state index contributed by atoms with van der Waals surface area (Å²) in [6.45, 7) is 0. The molecule has 2 rings (SSSR count). The highest BCUT2D eigenvalue weighted by Gasteiger charge is 2.25. The van der Waals surface area contributed by atoms with E-state index in [4.69, 9.17) is 0 Å². The van der Waals surface area contributed by atoms with Crippen LogP contribution in [-0.2, 0) is 0 Å². The van der Waals surface area contributed by atoms with E-state index in [1.165, 1.54) is 0 Å². The van der Waals surface area contributed by atoms with Gasteiger partial charge in [-0.1, -0.05) is 12.8 Å². The van der Waals surface area contributed by atoms with Crippen molar-refractivity contribution in [3.63, 3.8) is 0 Å². The molecule has 86 valence electrons. The highest BCUT2D eigenvalue weighted by molar-refractivity contribution is 5.98. The standard InChI is InChI=1S/C12H11F3O/c13-9-5-8(6-10(14)11(9)15)12(16)7-3-1-2-4-7/h5-7H,1-4H2. The van der Waals surface area contributed by atoms with Crippen molar-refractivity contribution in [3.8, 4) is 0 Å². The molecule has 16 heavy (non-hydrogen) atoms. The summed E-state index contributed by atoms with van der Waals surface area (Å²) in [5, 5.41) is 0. The van der Waals surface area contributed by atoms with Gasteiger partial charge in [0.1, 0.15) is 0 Å². The van der Waals surface area contributed by atoms with Gasteiger partial charge in [-0.15, -0.1) is 0 Å². The number of hydrogen-bond donors (Lipinski definition) is 0. The van der Waals surface area contributed by atoms with Crippen molar-refractivity contribution < 1.29 is 18.0 Å². The predicted octanol–water partition coefficient (Wildman–Crippen LogP) is 3.48. The molecule has 0 bridgehead atoms. The lowest BCUT2D eigenvalue weighted by Gasteiger charge is -2.08. The molecule has 0 saturated heterocycles. The molecule has 1 aromatic rings. The lowest BCUT2D eigenvalue weighted by molar-refractivity contribution is 0.0921. The van der Waals surface area contributed by atoms with Crippen molar-refractivity contribution in [2.45, 2.75) is 25.7 Å². The minimum absolute atomic E-state index is 0.0664. The summed E-state index contributed by atoms with van der Waals surface area (Å²) < 4.78 is 38.5. The molecule has 0 spiro atoms.